The van der Waals surface area contributed by atoms with Gasteiger partial charge in [0.2, 0.25) is 0 Å². The van der Waals surface area contributed by atoms with E-state index in [0.717, 1.165) is 5.56 Å². The number of benzene rings is 2. The second-order valence-electron chi connectivity index (χ2n) is 5.25. The Balaban J connectivity index is 1.83. The third-order valence-corrected chi connectivity index (χ3v) is 3.61. The molecule has 2 rings (SSSR count). The number of aliphatic hydroxyl groups is 1. The maximum atomic E-state index is 13.5. The van der Waals surface area contributed by atoms with Gasteiger partial charge in [-0.1, -0.05) is 42.5 Å². The molecule has 4 heteroatoms. The number of carbonyl (C=O) groups excluding carboxylic acids is 1. The quantitative estimate of drug-likeness (QED) is 0.773. The first kappa shape index (κ1) is 16.3. The molecule has 0 saturated carbocycles. The lowest BCUT2D eigenvalue weighted by atomic mass is 10.0. The number of carbonyl (C=O) groups is 1. The molecule has 3 nitrogen and oxygen atoms in total. The van der Waals surface area contributed by atoms with E-state index in [9.17, 15) is 14.3 Å². The molecule has 116 valence electrons. The summed E-state index contributed by atoms with van der Waals surface area (Å²) in [4.78, 5) is 11.9. The molecule has 0 spiro atoms. The lowest BCUT2D eigenvalue weighted by molar-refractivity contribution is 0.0968. The zero-order valence-electron chi connectivity index (χ0n) is 12.5. The number of aliphatic hydroxyl groups excluding tert-OH is 1. The van der Waals surface area contributed by atoms with Crippen molar-refractivity contribution in [3.63, 3.8) is 0 Å². The van der Waals surface area contributed by atoms with Crippen LogP contribution in [0.5, 0.6) is 0 Å². The molecule has 0 amide bonds. The molecule has 0 saturated heterocycles. The number of nitrogens with one attached hydrogen (secondary N) is 1. The number of Topliss-reactive ketones (excluding diaryl/α,β-unsaturated/α-hetero) is 1. The van der Waals surface area contributed by atoms with Crippen molar-refractivity contribution >= 4 is 5.78 Å². The van der Waals surface area contributed by atoms with Gasteiger partial charge in [-0.05, 0) is 24.6 Å². The van der Waals surface area contributed by atoms with Crippen LogP contribution in [0.2, 0.25) is 0 Å². The average molecular weight is 301 g/mol. The standard InChI is InChI=1S/C18H20FNO2/c1-13(18(22)14-7-3-2-4-8-14)20-12-11-17(21)15-9-5-6-10-16(15)19/h2-10,13,18,20,22H,11-12H2,1H3. The van der Waals surface area contributed by atoms with Crippen molar-refractivity contribution in [3.05, 3.63) is 71.5 Å². The fourth-order valence-corrected chi connectivity index (χ4v) is 2.29. The Kier molecular flexibility index (Phi) is 5.81. The van der Waals surface area contributed by atoms with Crippen LogP contribution < -0.4 is 5.32 Å². The second-order valence-corrected chi connectivity index (χ2v) is 5.25. The van der Waals surface area contributed by atoms with Gasteiger partial charge in [0.15, 0.2) is 5.78 Å². The van der Waals surface area contributed by atoms with Crippen LogP contribution in [0, 0.1) is 5.82 Å². The van der Waals surface area contributed by atoms with E-state index in [1.807, 2.05) is 37.3 Å². The summed E-state index contributed by atoms with van der Waals surface area (Å²) in [5, 5.41) is 13.3. The first-order valence-electron chi connectivity index (χ1n) is 7.33. The first-order chi connectivity index (χ1) is 10.6. The Labute approximate surface area is 129 Å². The zero-order valence-corrected chi connectivity index (χ0v) is 12.5. The SMILES string of the molecule is CC(NCCC(=O)c1ccccc1F)C(O)c1ccccc1. The predicted octanol–water partition coefficient (Wildman–Crippen LogP) is 3.11. The topological polar surface area (TPSA) is 49.3 Å². The molecule has 2 unspecified atom stereocenters. The largest absolute Gasteiger partial charge is 0.387 e. The summed E-state index contributed by atoms with van der Waals surface area (Å²) in [5.74, 6) is -0.739. The summed E-state index contributed by atoms with van der Waals surface area (Å²) >= 11 is 0. The minimum Gasteiger partial charge on any atom is -0.387 e. The number of hydrogen-bond donors (Lipinski definition) is 2. The van der Waals surface area contributed by atoms with Gasteiger partial charge in [-0.15, -0.1) is 0 Å². The van der Waals surface area contributed by atoms with Crippen molar-refractivity contribution in [2.45, 2.75) is 25.5 Å². The lowest BCUT2D eigenvalue weighted by Gasteiger charge is -2.20. The number of halogens is 1. The van der Waals surface area contributed by atoms with E-state index >= 15 is 0 Å². The van der Waals surface area contributed by atoms with Crippen molar-refractivity contribution in [2.24, 2.45) is 0 Å². The highest BCUT2D eigenvalue weighted by Gasteiger charge is 2.16. The summed E-state index contributed by atoms with van der Waals surface area (Å²) in [6, 6.07) is 15.1. The third-order valence-electron chi connectivity index (χ3n) is 3.61. The second kappa shape index (κ2) is 7.82. The van der Waals surface area contributed by atoms with Gasteiger partial charge < -0.3 is 10.4 Å². The van der Waals surface area contributed by atoms with E-state index in [4.69, 9.17) is 0 Å². The molecule has 0 bridgehead atoms. The molecular weight excluding hydrogens is 281 g/mol. The number of rotatable bonds is 7. The fourth-order valence-electron chi connectivity index (χ4n) is 2.29. The molecule has 2 aromatic rings. The molecular formula is C18H20FNO2. The van der Waals surface area contributed by atoms with Crippen molar-refractivity contribution < 1.29 is 14.3 Å². The zero-order chi connectivity index (χ0) is 15.9. The Morgan fingerprint density at radius 1 is 1.14 bits per heavy atom. The summed E-state index contributed by atoms with van der Waals surface area (Å²) in [5.41, 5.74) is 0.934. The molecule has 0 aromatic heterocycles. The van der Waals surface area contributed by atoms with Crippen LogP contribution in [0.15, 0.2) is 54.6 Å². The van der Waals surface area contributed by atoms with Gasteiger partial charge >= 0.3 is 0 Å². The van der Waals surface area contributed by atoms with Gasteiger partial charge in [0.1, 0.15) is 5.82 Å². The summed E-state index contributed by atoms with van der Waals surface area (Å²) < 4.78 is 13.5. The van der Waals surface area contributed by atoms with E-state index in [1.54, 1.807) is 12.1 Å². The third kappa shape index (κ3) is 4.23. The van der Waals surface area contributed by atoms with Gasteiger partial charge in [-0.3, -0.25) is 4.79 Å². The Morgan fingerprint density at radius 3 is 2.45 bits per heavy atom. The van der Waals surface area contributed by atoms with E-state index in [-0.39, 0.29) is 23.8 Å². The normalized spacial score (nSPS) is 13.6. The number of hydrogen-bond acceptors (Lipinski definition) is 3. The van der Waals surface area contributed by atoms with Crippen LogP contribution in [0.4, 0.5) is 4.39 Å². The fraction of sp³-hybridized carbons (Fsp3) is 0.278. The predicted molar refractivity (Wildman–Crippen MR) is 84.2 cm³/mol. The molecule has 0 aliphatic carbocycles. The van der Waals surface area contributed by atoms with Gasteiger partial charge in [-0.2, -0.15) is 0 Å². The first-order valence-corrected chi connectivity index (χ1v) is 7.33. The van der Waals surface area contributed by atoms with Crippen LogP contribution in [0.3, 0.4) is 0 Å². The molecule has 2 atom stereocenters. The molecule has 0 heterocycles. The molecule has 22 heavy (non-hydrogen) atoms. The van der Waals surface area contributed by atoms with Gasteiger partial charge in [0, 0.05) is 19.0 Å². The maximum absolute atomic E-state index is 13.5. The van der Waals surface area contributed by atoms with Crippen LogP contribution in [0.25, 0.3) is 0 Å². The molecule has 0 aliphatic rings. The van der Waals surface area contributed by atoms with Crippen LogP contribution in [-0.4, -0.2) is 23.5 Å². The number of ketones is 1. The van der Waals surface area contributed by atoms with Crippen LogP contribution in [-0.2, 0) is 0 Å². The lowest BCUT2D eigenvalue weighted by Crippen LogP contribution is -2.33. The van der Waals surface area contributed by atoms with E-state index in [0.29, 0.717) is 6.54 Å². The van der Waals surface area contributed by atoms with E-state index in [2.05, 4.69) is 5.32 Å². The monoisotopic (exact) mass is 301 g/mol. The van der Waals surface area contributed by atoms with Crippen molar-refractivity contribution in [1.29, 1.82) is 0 Å². The van der Waals surface area contributed by atoms with Crippen LogP contribution in [0.1, 0.15) is 35.4 Å². The maximum Gasteiger partial charge on any atom is 0.167 e. The van der Waals surface area contributed by atoms with Gasteiger partial charge in [0.25, 0.3) is 0 Å². The van der Waals surface area contributed by atoms with E-state index in [1.165, 1.54) is 12.1 Å². The van der Waals surface area contributed by atoms with Gasteiger partial charge in [0.05, 0.1) is 11.7 Å². The smallest absolute Gasteiger partial charge is 0.167 e. The highest BCUT2D eigenvalue weighted by Crippen LogP contribution is 2.16. The molecule has 0 fully saturated rings. The highest BCUT2D eigenvalue weighted by molar-refractivity contribution is 5.96. The van der Waals surface area contributed by atoms with Crippen molar-refractivity contribution in [1.82, 2.24) is 5.32 Å². The molecule has 2 N–H and O–H groups in total. The molecule has 0 aliphatic heterocycles. The minimum atomic E-state index is -0.648. The highest BCUT2D eigenvalue weighted by atomic mass is 19.1. The Hall–Kier alpha value is -2.04. The van der Waals surface area contributed by atoms with Crippen molar-refractivity contribution in [2.75, 3.05) is 6.54 Å². The Morgan fingerprint density at radius 2 is 1.77 bits per heavy atom. The summed E-state index contributed by atoms with van der Waals surface area (Å²) in [7, 11) is 0. The summed E-state index contributed by atoms with van der Waals surface area (Å²) in [6.45, 7) is 2.24. The van der Waals surface area contributed by atoms with Crippen molar-refractivity contribution in [3.8, 4) is 0 Å². The minimum absolute atomic E-state index is 0.112. The van der Waals surface area contributed by atoms with Crippen LogP contribution >= 0.6 is 0 Å². The summed E-state index contributed by atoms with van der Waals surface area (Å²) in [6.07, 6.45) is -0.461. The van der Waals surface area contributed by atoms with E-state index < -0.39 is 11.9 Å². The average Bonchev–Trinajstić information content (AvgIpc) is 2.55. The molecule has 2 aromatic carbocycles. The Bertz CT molecular complexity index is 615. The molecule has 0 radical (unpaired) electrons. The van der Waals surface area contributed by atoms with Gasteiger partial charge in [-0.25, -0.2) is 4.39 Å².